The molecule has 23 heavy (non-hydrogen) atoms. The Labute approximate surface area is 137 Å². The van der Waals surface area contributed by atoms with Crippen molar-refractivity contribution in [2.24, 2.45) is 5.16 Å². The van der Waals surface area contributed by atoms with E-state index < -0.39 is 6.10 Å². The van der Waals surface area contributed by atoms with Crippen LogP contribution in [0.5, 0.6) is 5.75 Å². The van der Waals surface area contributed by atoms with Gasteiger partial charge in [-0.05, 0) is 58.6 Å². The number of oxime groups is 1. The van der Waals surface area contributed by atoms with E-state index in [0.29, 0.717) is 24.4 Å². The summed E-state index contributed by atoms with van der Waals surface area (Å²) in [5.74, 6) is 0.699. The Bertz CT molecular complexity index is 599. The molecule has 0 saturated carbocycles. The van der Waals surface area contributed by atoms with Crippen LogP contribution >= 0.6 is 0 Å². The van der Waals surface area contributed by atoms with Crippen LogP contribution in [0.1, 0.15) is 32.3 Å². The van der Waals surface area contributed by atoms with Gasteiger partial charge in [0.05, 0.1) is 11.4 Å². The molecule has 1 aliphatic heterocycles. The highest BCUT2D eigenvalue weighted by Gasteiger charge is 2.33. The average molecular weight is 319 g/mol. The van der Waals surface area contributed by atoms with Crippen LogP contribution in [-0.4, -0.2) is 55.0 Å². The number of nitrogens with zero attached hydrogens (tertiary/aromatic N) is 3. The first kappa shape index (κ1) is 17.3. The number of carbonyl (C=O) groups is 1. The van der Waals surface area contributed by atoms with Crippen molar-refractivity contribution in [3.05, 3.63) is 23.8 Å². The molecule has 0 unspecified atom stereocenters. The van der Waals surface area contributed by atoms with Gasteiger partial charge in [-0.25, -0.2) is 0 Å². The summed E-state index contributed by atoms with van der Waals surface area (Å²) in [7, 11) is 4.03. The van der Waals surface area contributed by atoms with Gasteiger partial charge < -0.3 is 19.7 Å². The maximum absolute atomic E-state index is 12.7. The molecule has 1 N–H and O–H groups in total. The van der Waals surface area contributed by atoms with E-state index in [-0.39, 0.29) is 5.91 Å². The molecule has 0 spiro atoms. The first-order chi connectivity index (χ1) is 11.0. The van der Waals surface area contributed by atoms with E-state index in [2.05, 4.69) is 10.1 Å². The van der Waals surface area contributed by atoms with Crippen LogP contribution < -0.4 is 9.64 Å². The van der Waals surface area contributed by atoms with Crippen molar-refractivity contribution in [1.82, 2.24) is 4.90 Å². The Morgan fingerprint density at radius 1 is 1.43 bits per heavy atom. The predicted molar refractivity (Wildman–Crippen MR) is 90.7 cm³/mol. The van der Waals surface area contributed by atoms with Crippen molar-refractivity contribution < 1.29 is 14.7 Å². The van der Waals surface area contributed by atoms with Crippen LogP contribution in [0.2, 0.25) is 0 Å². The maximum atomic E-state index is 12.7. The van der Waals surface area contributed by atoms with E-state index in [9.17, 15) is 4.79 Å². The quantitative estimate of drug-likeness (QED) is 0.496. The number of anilines is 1. The molecule has 1 aliphatic rings. The van der Waals surface area contributed by atoms with Crippen LogP contribution in [0.25, 0.3) is 0 Å². The zero-order chi connectivity index (χ0) is 17.0. The predicted octanol–water partition coefficient (Wildman–Crippen LogP) is 2.34. The minimum Gasteiger partial charge on any atom is -0.478 e. The SMILES string of the molecule is CC[C@@H]1Oc2ccc(/C(C)=N/O)cc2N(CCCN(C)C)C1=O. The van der Waals surface area contributed by atoms with E-state index in [0.717, 1.165) is 24.2 Å². The fourth-order valence-electron chi connectivity index (χ4n) is 2.64. The summed E-state index contributed by atoms with van der Waals surface area (Å²) in [6.45, 7) is 5.22. The second kappa shape index (κ2) is 7.46. The zero-order valence-electron chi connectivity index (χ0n) is 14.2. The first-order valence-corrected chi connectivity index (χ1v) is 7.93. The molecule has 6 nitrogen and oxygen atoms in total. The topological polar surface area (TPSA) is 65.4 Å². The standard InChI is InChI=1S/C17H25N3O3/c1-5-15-17(21)20(10-6-9-19(3)4)14-11-13(12(2)18-22)7-8-16(14)23-15/h7-8,11,15,22H,5-6,9-10H2,1-4H3/b18-12+/t15-/m0/s1. The molecule has 0 saturated heterocycles. The Morgan fingerprint density at radius 3 is 2.78 bits per heavy atom. The summed E-state index contributed by atoms with van der Waals surface area (Å²) in [4.78, 5) is 16.5. The van der Waals surface area contributed by atoms with Gasteiger partial charge in [-0.3, -0.25) is 4.79 Å². The van der Waals surface area contributed by atoms with Crippen molar-refractivity contribution in [3.8, 4) is 5.75 Å². The first-order valence-electron chi connectivity index (χ1n) is 7.93. The van der Waals surface area contributed by atoms with E-state index in [1.165, 1.54) is 0 Å². The van der Waals surface area contributed by atoms with Gasteiger partial charge in [0.15, 0.2) is 6.10 Å². The smallest absolute Gasteiger partial charge is 0.268 e. The number of carbonyl (C=O) groups excluding carboxylic acids is 1. The fraction of sp³-hybridized carbons (Fsp3) is 0.529. The number of hydrogen-bond donors (Lipinski definition) is 1. The van der Waals surface area contributed by atoms with E-state index in [4.69, 9.17) is 9.94 Å². The molecule has 1 heterocycles. The van der Waals surface area contributed by atoms with Crippen molar-refractivity contribution in [2.45, 2.75) is 32.8 Å². The monoisotopic (exact) mass is 319 g/mol. The highest BCUT2D eigenvalue weighted by Crippen LogP contribution is 2.35. The number of rotatable bonds is 6. The van der Waals surface area contributed by atoms with Crippen LogP contribution in [0, 0.1) is 0 Å². The molecule has 0 aliphatic carbocycles. The van der Waals surface area contributed by atoms with Gasteiger partial charge >= 0.3 is 0 Å². The van der Waals surface area contributed by atoms with Crippen LogP contribution in [0.4, 0.5) is 5.69 Å². The van der Waals surface area contributed by atoms with Crippen molar-refractivity contribution in [3.63, 3.8) is 0 Å². The van der Waals surface area contributed by atoms with Crippen molar-refractivity contribution >= 4 is 17.3 Å². The molecule has 1 aromatic rings. The molecule has 1 atom stereocenters. The lowest BCUT2D eigenvalue weighted by Crippen LogP contribution is -2.46. The molecular formula is C17H25N3O3. The average Bonchev–Trinajstić information content (AvgIpc) is 2.55. The highest BCUT2D eigenvalue weighted by molar-refractivity contribution is 6.03. The lowest BCUT2D eigenvalue weighted by atomic mass is 10.1. The molecule has 126 valence electrons. The lowest BCUT2D eigenvalue weighted by Gasteiger charge is -2.34. The number of fused-ring (bicyclic) bond motifs is 1. The second-order valence-corrected chi connectivity index (χ2v) is 6.03. The van der Waals surface area contributed by atoms with Crippen molar-refractivity contribution in [1.29, 1.82) is 0 Å². The van der Waals surface area contributed by atoms with Gasteiger partial charge in [0.25, 0.3) is 5.91 Å². The van der Waals surface area contributed by atoms with Gasteiger partial charge in [-0.15, -0.1) is 0 Å². The summed E-state index contributed by atoms with van der Waals surface area (Å²) in [6, 6.07) is 5.53. The second-order valence-electron chi connectivity index (χ2n) is 6.03. The van der Waals surface area contributed by atoms with Crippen LogP contribution in [-0.2, 0) is 4.79 Å². The van der Waals surface area contributed by atoms with Gasteiger partial charge in [-0.1, -0.05) is 12.1 Å². The molecule has 1 amide bonds. The Hall–Kier alpha value is -2.08. The van der Waals surface area contributed by atoms with E-state index in [1.54, 1.807) is 11.8 Å². The summed E-state index contributed by atoms with van der Waals surface area (Å²) >= 11 is 0. The Kier molecular flexibility index (Phi) is 5.60. The van der Waals surface area contributed by atoms with Gasteiger partial charge in [0, 0.05) is 12.1 Å². The molecule has 6 heteroatoms. The zero-order valence-corrected chi connectivity index (χ0v) is 14.2. The number of hydrogen-bond acceptors (Lipinski definition) is 5. The number of amides is 1. The number of benzene rings is 1. The van der Waals surface area contributed by atoms with E-state index >= 15 is 0 Å². The van der Waals surface area contributed by atoms with Gasteiger partial charge in [0.2, 0.25) is 0 Å². The minimum absolute atomic E-state index is 0.00510. The third-order valence-corrected chi connectivity index (χ3v) is 3.99. The molecular weight excluding hydrogens is 294 g/mol. The summed E-state index contributed by atoms with van der Waals surface area (Å²) in [5, 5.41) is 12.2. The molecule has 0 aromatic heterocycles. The lowest BCUT2D eigenvalue weighted by molar-refractivity contribution is -0.126. The van der Waals surface area contributed by atoms with Crippen LogP contribution in [0.3, 0.4) is 0 Å². The largest absolute Gasteiger partial charge is 0.478 e. The molecule has 0 fully saturated rings. The maximum Gasteiger partial charge on any atom is 0.268 e. The third kappa shape index (κ3) is 3.82. The summed E-state index contributed by atoms with van der Waals surface area (Å²) in [6.07, 6.45) is 1.09. The summed E-state index contributed by atoms with van der Waals surface area (Å²) in [5.41, 5.74) is 2.03. The Balaban J connectivity index is 2.33. The highest BCUT2D eigenvalue weighted by atomic mass is 16.5. The Morgan fingerprint density at radius 2 is 2.17 bits per heavy atom. The molecule has 0 bridgehead atoms. The van der Waals surface area contributed by atoms with E-state index in [1.807, 2.05) is 39.2 Å². The molecule has 0 radical (unpaired) electrons. The normalized spacial score (nSPS) is 18.1. The molecule has 2 rings (SSSR count). The summed E-state index contributed by atoms with van der Waals surface area (Å²) < 4.78 is 5.82. The third-order valence-electron chi connectivity index (χ3n) is 3.99. The van der Waals surface area contributed by atoms with Gasteiger partial charge in [0.1, 0.15) is 5.75 Å². The van der Waals surface area contributed by atoms with Crippen LogP contribution in [0.15, 0.2) is 23.4 Å². The minimum atomic E-state index is -0.430. The fourth-order valence-corrected chi connectivity index (χ4v) is 2.64. The number of ether oxygens (including phenoxy) is 1. The van der Waals surface area contributed by atoms with Gasteiger partial charge in [-0.2, -0.15) is 0 Å². The van der Waals surface area contributed by atoms with Crippen molar-refractivity contribution in [2.75, 3.05) is 32.1 Å². The molecule has 1 aromatic carbocycles.